The molecule has 0 radical (unpaired) electrons. The number of nitrogens with one attached hydrogen (secondary N) is 1. The van der Waals surface area contributed by atoms with Crippen molar-refractivity contribution in [3.63, 3.8) is 0 Å². The zero-order chi connectivity index (χ0) is 33.5. The van der Waals surface area contributed by atoms with Crippen LogP contribution in [0.25, 0.3) is 0 Å². The van der Waals surface area contributed by atoms with Crippen molar-refractivity contribution in [3.05, 3.63) is 59.2 Å². The average Bonchev–Trinajstić information content (AvgIpc) is 3.03. The molecule has 2 aromatic rings. The van der Waals surface area contributed by atoms with Crippen LogP contribution >= 0.6 is 0 Å². The summed E-state index contributed by atoms with van der Waals surface area (Å²) in [6.45, 7) is 3.84. The number of carbonyl (C=O) groups is 4. The summed E-state index contributed by atoms with van der Waals surface area (Å²) in [7, 11) is 3.82. The molecular weight excluding hydrogens is 586 g/mol. The fourth-order valence-electron chi connectivity index (χ4n) is 5.43. The third-order valence-electron chi connectivity index (χ3n) is 8.33. The molecule has 2 aromatic carbocycles. The number of amides is 4. The molecule has 46 heavy (non-hydrogen) atoms. The molecule has 252 valence electrons. The van der Waals surface area contributed by atoms with Gasteiger partial charge in [0.2, 0.25) is 24.1 Å². The maximum Gasteiger partial charge on any atom is 0.249 e. The van der Waals surface area contributed by atoms with Gasteiger partial charge < -0.3 is 30.7 Å². The molecule has 1 aliphatic rings. The van der Waals surface area contributed by atoms with Gasteiger partial charge in [-0.05, 0) is 80.7 Å². The maximum absolute atomic E-state index is 12.4. The van der Waals surface area contributed by atoms with Crippen molar-refractivity contribution in [1.29, 1.82) is 0 Å². The standard InChI is InChI=1S/C35H51N5O6/c1-25(29(36)15-18-33(37)42)46-23-28-12-10-26(11-13-28)9-7-21-45-20-6-4-5-8-27-14-16-30(32(22-27)39(2)3)40(24-41)31-17-19-34(43)38-35(31)44/h10-14,16,22,24-25,29,31H,4-9,15,17-21,23,36H2,1-3H3,(H2,37,42)(H,38,43,44)/t25-,29+,31?/m1/s1. The monoisotopic (exact) mass is 637 g/mol. The molecule has 0 aromatic heterocycles. The third-order valence-corrected chi connectivity index (χ3v) is 8.33. The van der Waals surface area contributed by atoms with Crippen molar-refractivity contribution in [1.82, 2.24) is 5.32 Å². The number of unbranched alkanes of at least 4 members (excludes halogenated alkanes) is 2. The maximum atomic E-state index is 12.4. The van der Waals surface area contributed by atoms with Gasteiger partial charge in [0.1, 0.15) is 6.04 Å². The largest absolute Gasteiger partial charge is 0.381 e. The second kappa shape index (κ2) is 19.0. The van der Waals surface area contributed by atoms with Gasteiger partial charge in [0.05, 0.1) is 24.1 Å². The first-order valence-corrected chi connectivity index (χ1v) is 16.3. The Morgan fingerprint density at radius 2 is 1.65 bits per heavy atom. The molecule has 3 atom stereocenters. The van der Waals surface area contributed by atoms with Gasteiger partial charge in [-0.3, -0.25) is 24.5 Å². The molecule has 0 aliphatic carbocycles. The van der Waals surface area contributed by atoms with Gasteiger partial charge in [-0.2, -0.15) is 0 Å². The van der Waals surface area contributed by atoms with E-state index in [9.17, 15) is 19.2 Å². The van der Waals surface area contributed by atoms with Crippen molar-refractivity contribution in [3.8, 4) is 0 Å². The fraction of sp³-hybridized carbons (Fsp3) is 0.543. The van der Waals surface area contributed by atoms with E-state index in [1.807, 2.05) is 38.1 Å². The molecule has 5 N–H and O–H groups in total. The minimum atomic E-state index is -0.701. The van der Waals surface area contributed by atoms with Crippen LogP contribution in [-0.4, -0.2) is 69.6 Å². The summed E-state index contributed by atoms with van der Waals surface area (Å²) in [5.41, 5.74) is 16.3. The Kier molecular flexibility index (Phi) is 15.1. The van der Waals surface area contributed by atoms with Crippen molar-refractivity contribution in [2.24, 2.45) is 11.5 Å². The predicted molar refractivity (Wildman–Crippen MR) is 179 cm³/mol. The number of benzene rings is 2. The Morgan fingerprint density at radius 1 is 0.978 bits per heavy atom. The smallest absolute Gasteiger partial charge is 0.249 e. The number of ether oxygens (including phenoxy) is 2. The van der Waals surface area contributed by atoms with Crippen molar-refractivity contribution in [2.45, 2.75) is 95.9 Å². The lowest BCUT2D eigenvalue weighted by Gasteiger charge is -2.32. The van der Waals surface area contributed by atoms with Gasteiger partial charge in [0.15, 0.2) is 0 Å². The predicted octanol–water partition coefficient (Wildman–Crippen LogP) is 3.38. The molecule has 1 aliphatic heterocycles. The van der Waals surface area contributed by atoms with Gasteiger partial charge in [-0.15, -0.1) is 0 Å². The lowest BCUT2D eigenvalue weighted by Crippen LogP contribution is -2.52. The minimum absolute atomic E-state index is 0.159. The lowest BCUT2D eigenvalue weighted by molar-refractivity contribution is -0.135. The van der Waals surface area contributed by atoms with E-state index in [0.717, 1.165) is 63.0 Å². The van der Waals surface area contributed by atoms with E-state index in [0.29, 0.717) is 31.5 Å². The minimum Gasteiger partial charge on any atom is -0.381 e. The molecule has 11 nitrogen and oxygen atoms in total. The molecule has 3 rings (SSSR count). The Labute approximate surface area is 272 Å². The topological polar surface area (TPSA) is 157 Å². The van der Waals surface area contributed by atoms with E-state index in [1.54, 1.807) is 0 Å². The van der Waals surface area contributed by atoms with Crippen LogP contribution in [0.1, 0.15) is 75.0 Å². The number of nitrogens with two attached hydrogens (primary N) is 2. The average molecular weight is 638 g/mol. The molecule has 1 unspecified atom stereocenters. The van der Waals surface area contributed by atoms with E-state index in [1.165, 1.54) is 16.0 Å². The molecule has 1 heterocycles. The number of rotatable bonds is 21. The van der Waals surface area contributed by atoms with Crippen LogP contribution in [0.4, 0.5) is 11.4 Å². The van der Waals surface area contributed by atoms with Crippen LogP contribution in [0.5, 0.6) is 0 Å². The van der Waals surface area contributed by atoms with Crippen molar-refractivity contribution in [2.75, 3.05) is 37.1 Å². The summed E-state index contributed by atoms with van der Waals surface area (Å²) in [6.07, 6.45) is 7.69. The summed E-state index contributed by atoms with van der Waals surface area (Å²) in [4.78, 5) is 50.3. The number of hydrogen-bond donors (Lipinski definition) is 3. The number of nitrogens with zero attached hydrogens (tertiary/aromatic N) is 2. The van der Waals surface area contributed by atoms with Crippen LogP contribution in [0, 0.1) is 0 Å². The number of imide groups is 1. The summed E-state index contributed by atoms with van der Waals surface area (Å²) in [5, 5.41) is 2.34. The second-order valence-electron chi connectivity index (χ2n) is 12.2. The molecule has 11 heteroatoms. The second-order valence-corrected chi connectivity index (χ2v) is 12.2. The quantitative estimate of drug-likeness (QED) is 0.107. The molecule has 1 fully saturated rings. The SMILES string of the molecule is C[C@@H](OCc1ccc(CCCOCCCCCc2ccc(N(C=O)C3CCC(=O)NC3=O)c(N(C)C)c2)cc1)[C@@H](N)CCC(N)=O. The van der Waals surface area contributed by atoms with E-state index in [4.69, 9.17) is 20.9 Å². The number of piperidine rings is 1. The van der Waals surface area contributed by atoms with Gasteiger partial charge in [0, 0.05) is 46.2 Å². The number of primary amides is 1. The molecular formula is C35H51N5O6. The van der Waals surface area contributed by atoms with Crippen molar-refractivity contribution < 1.29 is 28.7 Å². The van der Waals surface area contributed by atoms with Gasteiger partial charge in [0.25, 0.3) is 0 Å². The van der Waals surface area contributed by atoms with E-state index in [-0.39, 0.29) is 36.8 Å². The van der Waals surface area contributed by atoms with Crippen LogP contribution in [0.3, 0.4) is 0 Å². The van der Waals surface area contributed by atoms with Gasteiger partial charge in [-0.25, -0.2) is 0 Å². The molecule has 1 saturated heterocycles. The van der Waals surface area contributed by atoms with Crippen LogP contribution < -0.4 is 26.6 Å². The Hall–Kier alpha value is -3.80. The first-order chi connectivity index (χ1) is 22.1. The number of carbonyl (C=O) groups excluding carboxylic acids is 4. The molecule has 0 bridgehead atoms. The molecule has 4 amide bonds. The summed E-state index contributed by atoms with van der Waals surface area (Å²) < 4.78 is 11.7. The van der Waals surface area contributed by atoms with E-state index < -0.39 is 11.9 Å². The van der Waals surface area contributed by atoms with E-state index in [2.05, 4.69) is 35.6 Å². The lowest BCUT2D eigenvalue weighted by atomic mass is 10.0. The Morgan fingerprint density at radius 3 is 2.33 bits per heavy atom. The third kappa shape index (κ3) is 11.9. The summed E-state index contributed by atoms with van der Waals surface area (Å²) in [6, 6.07) is 13.4. The van der Waals surface area contributed by atoms with Gasteiger partial charge >= 0.3 is 0 Å². The Bertz CT molecular complexity index is 1280. The first kappa shape index (κ1) is 36.7. The highest BCUT2D eigenvalue weighted by Crippen LogP contribution is 2.32. The normalized spacial score (nSPS) is 16.0. The zero-order valence-electron chi connectivity index (χ0n) is 27.5. The van der Waals surface area contributed by atoms with Crippen LogP contribution in [-0.2, 0) is 48.1 Å². The number of hydrogen-bond acceptors (Lipinski definition) is 8. The van der Waals surface area contributed by atoms with Crippen molar-refractivity contribution >= 4 is 35.5 Å². The summed E-state index contributed by atoms with van der Waals surface area (Å²) >= 11 is 0. The van der Waals surface area contributed by atoms with Gasteiger partial charge in [-0.1, -0.05) is 36.8 Å². The highest BCUT2D eigenvalue weighted by molar-refractivity contribution is 6.04. The van der Waals surface area contributed by atoms with Crippen LogP contribution in [0.15, 0.2) is 42.5 Å². The Balaban J connectivity index is 1.31. The van der Waals surface area contributed by atoms with E-state index >= 15 is 0 Å². The summed E-state index contributed by atoms with van der Waals surface area (Å²) in [5.74, 6) is -1.10. The first-order valence-electron chi connectivity index (χ1n) is 16.3. The van der Waals surface area contributed by atoms with Crippen LogP contribution in [0.2, 0.25) is 0 Å². The zero-order valence-corrected chi connectivity index (χ0v) is 27.5. The highest BCUT2D eigenvalue weighted by atomic mass is 16.5. The highest BCUT2D eigenvalue weighted by Gasteiger charge is 2.33. The molecule has 0 spiro atoms. The molecule has 0 saturated carbocycles. The fourth-order valence-corrected chi connectivity index (χ4v) is 5.43. The number of anilines is 2. The number of aryl methyl sites for hydroxylation is 2.